The molecule has 0 aliphatic rings. The van der Waals surface area contributed by atoms with E-state index in [0.717, 1.165) is 51.6 Å². The Morgan fingerprint density at radius 1 is 0.480 bits per heavy atom. The summed E-state index contributed by atoms with van der Waals surface area (Å²) in [4.78, 5) is 26.4. The van der Waals surface area contributed by atoms with Crippen molar-refractivity contribution in [2.45, 2.75) is 213 Å². The molecule has 0 heterocycles. The van der Waals surface area contributed by atoms with Crippen LogP contribution in [0.15, 0.2) is 24.3 Å². The zero-order valence-electron chi connectivity index (χ0n) is 34.0. The molecule has 1 unspecified atom stereocenters. The summed E-state index contributed by atoms with van der Waals surface area (Å²) >= 11 is 0. The summed E-state index contributed by atoms with van der Waals surface area (Å²) in [5.41, 5.74) is 0. The van der Waals surface area contributed by atoms with E-state index < -0.39 is 0 Å². The van der Waals surface area contributed by atoms with E-state index in [1.165, 1.54) is 141 Å². The zero-order valence-corrected chi connectivity index (χ0v) is 34.0. The SMILES string of the molecule is CCCCCCCCC=CCCCCCCCC(=O)OCCC(C)CCN(C)CCOC(=O)CCCCCCCC=CCCCCCCCC. The number of esters is 2. The van der Waals surface area contributed by atoms with Crippen LogP contribution in [0.5, 0.6) is 0 Å². The Hall–Kier alpha value is -1.62. The predicted molar refractivity (Wildman–Crippen MR) is 217 cm³/mol. The summed E-state index contributed by atoms with van der Waals surface area (Å²) < 4.78 is 11.0. The van der Waals surface area contributed by atoms with Crippen molar-refractivity contribution < 1.29 is 19.1 Å². The monoisotopic (exact) mass is 704 g/mol. The lowest BCUT2D eigenvalue weighted by Gasteiger charge is -2.19. The van der Waals surface area contributed by atoms with Crippen molar-refractivity contribution in [1.82, 2.24) is 4.90 Å². The molecular formula is C45H85NO4. The molecule has 0 spiro atoms. The molecular weight excluding hydrogens is 618 g/mol. The van der Waals surface area contributed by atoms with E-state index in [1.54, 1.807) is 0 Å². The van der Waals surface area contributed by atoms with Gasteiger partial charge < -0.3 is 14.4 Å². The molecule has 0 amide bonds. The van der Waals surface area contributed by atoms with Crippen LogP contribution in [-0.2, 0) is 19.1 Å². The predicted octanol–water partition coefficient (Wildman–Crippen LogP) is 13.5. The third kappa shape index (κ3) is 39.2. The molecule has 294 valence electrons. The maximum absolute atomic E-state index is 12.1. The normalized spacial score (nSPS) is 12.4. The largest absolute Gasteiger partial charge is 0.466 e. The lowest BCUT2D eigenvalue weighted by Crippen LogP contribution is -2.26. The zero-order chi connectivity index (χ0) is 36.6. The smallest absolute Gasteiger partial charge is 0.305 e. The Labute approximate surface area is 312 Å². The highest BCUT2D eigenvalue weighted by Gasteiger charge is 2.09. The summed E-state index contributed by atoms with van der Waals surface area (Å²) in [6, 6.07) is 0. The minimum absolute atomic E-state index is 0.0458. The van der Waals surface area contributed by atoms with Gasteiger partial charge in [0.25, 0.3) is 0 Å². The summed E-state index contributed by atoms with van der Waals surface area (Å²) in [6.07, 6.45) is 45.3. The van der Waals surface area contributed by atoms with Crippen molar-refractivity contribution in [1.29, 1.82) is 0 Å². The average Bonchev–Trinajstić information content (AvgIpc) is 3.10. The van der Waals surface area contributed by atoms with Gasteiger partial charge in [0.05, 0.1) is 6.61 Å². The third-order valence-corrected chi connectivity index (χ3v) is 9.90. The Bertz CT molecular complexity index is 715. The van der Waals surface area contributed by atoms with Crippen LogP contribution in [0.2, 0.25) is 0 Å². The number of allylic oxidation sites excluding steroid dienone is 4. The summed E-state index contributed by atoms with van der Waals surface area (Å²) in [5.74, 6) is 0.386. The quantitative estimate of drug-likeness (QED) is 0.0362. The molecule has 0 aromatic rings. The van der Waals surface area contributed by atoms with Crippen LogP contribution in [0.25, 0.3) is 0 Å². The highest BCUT2D eigenvalue weighted by molar-refractivity contribution is 5.69. The molecule has 0 N–H and O–H groups in total. The minimum atomic E-state index is -0.0621. The van der Waals surface area contributed by atoms with Crippen LogP contribution in [0.3, 0.4) is 0 Å². The molecule has 0 saturated heterocycles. The lowest BCUT2D eigenvalue weighted by molar-refractivity contribution is -0.145. The summed E-state index contributed by atoms with van der Waals surface area (Å²) in [6.45, 7) is 9.45. The van der Waals surface area contributed by atoms with E-state index in [0.29, 0.717) is 32.0 Å². The van der Waals surface area contributed by atoms with Crippen LogP contribution < -0.4 is 0 Å². The van der Waals surface area contributed by atoms with Crippen molar-refractivity contribution in [3.63, 3.8) is 0 Å². The highest BCUT2D eigenvalue weighted by Crippen LogP contribution is 2.13. The number of rotatable bonds is 39. The molecule has 0 aliphatic carbocycles. The Balaban J connectivity index is 3.50. The number of hydrogen-bond donors (Lipinski definition) is 0. The molecule has 1 atom stereocenters. The van der Waals surface area contributed by atoms with Gasteiger partial charge in [0.1, 0.15) is 6.61 Å². The Morgan fingerprint density at radius 2 is 0.840 bits per heavy atom. The number of carbonyl (C=O) groups excluding carboxylic acids is 2. The first-order valence-corrected chi connectivity index (χ1v) is 21.8. The molecule has 0 aromatic carbocycles. The number of unbranched alkanes of at least 4 members (excludes halogenated alkanes) is 22. The van der Waals surface area contributed by atoms with Crippen molar-refractivity contribution >= 4 is 11.9 Å². The van der Waals surface area contributed by atoms with Crippen LogP contribution in [0.1, 0.15) is 213 Å². The standard InChI is InChI=1S/C45H85NO4/c1-5-7-9-11-13-15-17-19-21-23-25-27-29-31-33-35-44(47)49-41-38-43(3)37-39-46(4)40-42-50-45(48)36-34-32-30-28-26-24-22-20-18-16-14-12-10-8-6-2/h19-22,43H,5-18,23-42H2,1-4H3. The van der Waals surface area contributed by atoms with Crippen LogP contribution >= 0.6 is 0 Å². The number of likely N-dealkylation sites (N-methyl/N-ethyl adjacent to an activating group) is 1. The second-order valence-corrected chi connectivity index (χ2v) is 15.1. The Kier molecular flexibility index (Phi) is 38.9. The Morgan fingerprint density at radius 3 is 1.26 bits per heavy atom. The van der Waals surface area contributed by atoms with Gasteiger partial charge in [-0.1, -0.05) is 148 Å². The third-order valence-electron chi connectivity index (χ3n) is 9.90. The number of carbonyl (C=O) groups is 2. The van der Waals surface area contributed by atoms with Gasteiger partial charge in [0.2, 0.25) is 0 Å². The maximum atomic E-state index is 12.1. The molecule has 0 bridgehead atoms. The first kappa shape index (κ1) is 48.4. The number of ether oxygens (including phenoxy) is 2. The van der Waals surface area contributed by atoms with E-state index in [4.69, 9.17) is 9.47 Å². The van der Waals surface area contributed by atoms with E-state index in [2.05, 4.69) is 57.0 Å². The van der Waals surface area contributed by atoms with Gasteiger partial charge >= 0.3 is 11.9 Å². The topological polar surface area (TPSA) is 55.8 Å². The first-order valence-electron chi connectivity index (χ1n) is 21.8. The fourth-order valence-corrected chi connectivity index (χ4v) is 6.21. The molecule has 50 heavy (non-hydrogen) atoms. The van der Waals surface area contributed by atoms with Gasteiger partial charge in [-0.2, -0.15) is 0 Å². The molecule has 5 heteroatoms. The number of nitrogens with zero attached hydrogens (tertiary/aromatic N) is 1. The van der Waals surface area contributed by atoms with Gasteiger partial charge in [0.15, 0.2) is 0 Å². The maximum Gasteiger partial charge on any atom is 0.305 e. The van der Waals surface area contributed by atoms with Gasteiger partial charge in [-0.05, 0) is 96.6 Å². The van der Waals surface area contributed by atoms with Crippen LogP contribution in [0.4, 0.5) is 0 Å². The van der Waals surface area contributed by atoms with Crippen molar-refractivity contribution in [3.05, 3.63) is 24.3 Å². The molecule has 0 aromatic heterocycles. The molecule has 0 rings (SSSR count). The number of hydrogen-bond acceptors (Lipinski definition) is 5. The molecule has 0 aliphatic heterocycles. The van der Waals surface area contributed by atoms with Crippen LogP contribution in [-0.4, -0.2) is 50.2 Å². The molecule has 5 nitrogen and oxygen atoms in total. The van der Waals surface area contributed by atoms with Crippen molar-refractivity contribution in [3.8, 4) is 0 Å². The van der Waals surface area contributed by atoms with E-state index in [-0.39, 0.29) is 11.9 Å². The van der Waals surface area contributed by atoms with Crippen molar-refractivity contribution in [2.24, 2.45) is 5.92 Å². The lowest BCUT2D eigenvalue weighted by atomic mass is 10.0. The molecule has 0 radical (unpaired) electrons. The van der Waals surface area contributed by atoms with Gasteiger partial charge in [-0.3, -0.25) is 9.59 Å². The van der Waals surface area contributed by atoms with E-state index in [9.17, 15) is 9.59 Å². The highest BCUT2D eigenvalue weighted by atomic mass is 16.5. The van der Waals surface area contributed by atoms with Gasteiger partial charge in [-0.25, -0.2) is 0 Å². The van der Waals surface area contributed by atoms with E-state index >= 15 is 0 Å². The van der Waals surface area contributed by atoms with Crippen molar-refractivity contribution in [2.75, 3.05) is 33.4 Å². The fourth-order valence-electron chi connectivity index (χ4n) is 6.21. The summed E-state index contributed by atoms with van der Waals surface area (Å²) in [5, 5.41) is 0. The second kappa shape index (κ2) is 40.2. The minimum Gasteiger partial charge on any atom is -0.466 e. The molecule has 0 fully saturated rings. The first-order chi connectivity index (χ1) is 24.5. The van der Waals surface area contributed by atoms with Crippen LogP contribution in [0, 0.1) is 5.92 Å². The molecule has 0 saturated carbocycles. The summed E-state index contributed by atoms with van der Waals surface area (Å²) in [7, 11) is 2.08. The second-order valence-electron chi connectivity index (χ2n) is 15.1. The average molecular weight is 704 g/mol. The fraction of sp³-hybridized carbons (Fsp3) is 0.867. The van der Waals surface area contributed by atoms with Gasteiger partial charge in [-0.15, -0.1) is 0 Å². The van der Waals surface area contributed by atoms with Gasteiger partial charge in [0, 0.05) is 19.4 Å². The van der Waals surface area contributed by atoms with E-state index in [1.807, 2.05) is 0 Å².